The highest BCUT2D eigenvalue weighted by Gasteiger charge is 2.27. The summed E-state index contributed by atoms with van der Waals surface area (Å²) in [6.07, 6.45) is 1.98. The van der Waals surface area contributed by atoms with Gasteiger partial charge in [0.15, 0.2) is 0 Å². The summed E-state index contributed by atoms with van der Waals surface area (Å²) in [5.74, 6) is 2.13. The third-order valence-corrected chi connectivity index (χ3v) is 5.05. The summed E-state index contributed by atoms with van der Waals surface area (Å²) in [6.45, 7) is 6.22. The minimum atomic E-state index is 0.0239. The molecule has 1 heterocycles. The minimum Gasteiger partial charge on any atom is -0.497 e. The number of hydrogen-bond acceptors (Lipinski definition) is 3. The summed E-state index contributed by atoms with van der Waals surface area (Å²) in [4.78, 5) is 14.4. The predicted octanol–water partition coefficient (Wildman–Crippen LogP) is 4.22. The predicted molar refractivity (Wildman–Crippen MR) is 111 cm³/mol. The molecular formula is C23H30N2O3. The molecule has 28 heavy (non-hydrogen) atoms. The number of nitrogens with one attached hydrogen (secondary N) is 1. The summed E-state index contributed by atoms with van der Waals surface area (Å²) < 4.78 is 10.9. The van der Waals surface area contributed by atoms with Crippen molar-refractivity contribution >= 4 is 6.03 Å². The number of hydrogen-bond donors (Lipinski definition) is 1. The highest BCUT2D eigenvalue weighted by molar-refractivity contribution is 5.74. The molecule has 0 radical (unpaired) electrons. The Bertz CT molecular complexity index is 756. The van der Waals surface area contributed by atoms with Gasteiger partial charge in [0.1, 0.15) is 11.5 Å². The van der Waals surface area contributed by atoms with Crippen molar-refractivity contribution in [2.24, 2.45) is 0 Å². The van der Waals surface area contributed by atoms with Crippen molar-refractivity contribution < 1.29 is 14.3 Å². The molecule has 1 unspecified atom stereocenters. The molecule has 0 bridgehead atoms. The van der Waals surface area contributed by atoms with E-state index in [-0.39, 0.29) is 12.1 Å². The highest BCUT2D eigenvalue weighted by atomic mass is 16.5. The van der Waals surface area contributed by atoms with Crippen LogP contribution in [-0.2, 0) is 6.42 Å². The van der Waals surface area contributed by atoms with Gasteiger partial charge in [0.25, 0.3) is 0 Å². The van der Waals surface area contributed by atoms with Crippen LogP contribution in [0.15, 0.2) is 48.5 Å². The SMILES string of the molecule is COc1ccc(C2CCN(C(=O)NCCc3ccc(OC(C)C)cc3)C2)cc1. The smallest absolute Gasteiger partial charge is 0.317 e. The quantitative estimate of drug-likeness (QED) is 0.780. The largest absolute Gasteiger partial charge is 0.497 e. The van der Waals surface area contributed by atoms with Gasteiger partial charge in [-0.25, -0.2) is 4.79 Å². The normalized spacial score (nSPS) is 16.3. The van der Waals surface area contributed by atoms with Gasteiger partial charge < -0.3 is 19.7 Å². The average Bonchev–Trinajstić information content (AvgIpc) is 3.19. The molecule has 1 saturated heterocycles. The Balaban J connectivity index is 1.42. The number of benzene rings is 2. The molecule has 2 aromatic rings. The van der Waals surface area contributed by atoms with E-state index in [1.165, 1.54) is 11.1 Å². The molecule has 5 nitrogen and oxygen atoms in total. The van der Waals surface area contributed by atoms with Crippen LogP contribution in [-0.4, -0.2) is 43.8 Å². The summed E-state index contributed by atoms with van der Waals surface area (Å²) in [6, 6.07) is 16.3. The van der Waals surface area contributed by atoms with Gasteiger partial charge in [0.05, 0.1) is 13.2 Å². The lowest BCUT2D eigenvalue weighted by atomic mass is 9.98. The van der Waals surface area contributed by atoms with Crippen LogP contribution in [0.5, 0.6) is 11.5 Å². The average molecular weight is 383 g/mol. The molecular weight excluding hydrogens is 352 g/mol. The second kappa shape index (κ2) is 9.49. The molecule has 0 aromatic heterocycles. The molecule has 0 aliphatic carbocycles. The van der Waals surface area contributed by atoms with Crippen LogP contribution in [0.25, 0.3) is 0 Å². The van der Waals surface area contributed by atoms with Crippen molar-refractivity contribution in [2.45, 2.75) is 38.7 Å². The maximum Gasteiger partial charge on any atom is 0.317 e. The number of amides is 2. The maximum absolute atomic E-state index is 12.5. The van der Waals surface area contributed by atoms with Gasteiger partial charge in [0, 0.05) is 25.6 Å². The van der Waals surface area contributed by atoms with E-state index in [9.17, 15) is 4.79 Å². The molecule has 3 rings (SSSR count). The topological polar surface area (TPSA) is 50.8 Å². The van der Waals surface area contributed by atoms with E-state index in [0.717, 1.165) is 37.4 Å². The zero-order chi connectivity index (χ0) is 19.9. The van der Waals surface area contributed by atoms with Gasteiger partial charge in [0.2, 0.25) is 0 Å². The van der Waals surface area contributed by atoms with Crippen molar-refractivity contribution in [2.75, 3.05) is 26.7 Å². The van der Waals surface area contributed by atoms with E-state index in [1.807, 2.05) is 43.0 Å². The fourth-order valence-electron chi connectivity index (χ4n) is 3.53. The van der Waals surface area contributed by atoms with Crippen LogP contribution in [0.1, 0.15) is 37.3 Å². The number of ether oxygens (including phenoxy) is 2. The lowest BCUT2D eigenvalue weighted by molar-refractivity contribution is 0.208. The molecule has 1 N–H and O–H groups in total. The molecule has 1 fully saturated rings. The standard InChI is InChI=1S/C23H30N2O3/c1-17(2)28-22-8-4-18(5-9-22)12-14-24-23(26)25-15-13-20(16-25)19-6-10-21(27-3)11-7-19/h4-11,17,20H,12-16H2,1-3H3,(H,24,26). The van der Waals surface area contributed by atoms with Crippen LogP contribution in [0, 0.1) is 0 Å². The Morgan fingerprint density at radius 2 is 1.79 bits per heavy atom. The second-order valence-electron chi connectivity index (χ2n) is 7.50. The van der Waals surface area contributed by atoms with E-state index in [1.54, 1.807) is 7.11 Å². The number of urea groups is 1. The van der Waals surface area contributed by atoms with Crippen LogP contribution in [0.3, 0.4) is 0 Å². The van der Waals surface area contributed by atoms with E-state index in [4.69, 9.17) is 9.47 Å². The zero-order valence-electron chi connectivity index (χ0n) is 17.0. The van der Waals surface area contributed by atoms with Gasteiger partial charge in [-0.1, -0.05) is 24.3 Å². The van der Waals surface area contributed by atoms with Gasteiger partial charge in [-0.2, -0.15) is 0 Å². The first-order chi connectivity index (χ1) is 13.5. The Morgan fingerprint density at radius 1 is 1.11 bits per heavy atom. The number of methoxy groups -OCH3 is 1. The molecule has 1 atom stereocenters. The highest BCUT2D eigenvalue weighted by Crippen LogP contribution is 2.28. The number of carbonyl (C=O) groups excluding carboxylic acids is 1. The molecule has 5 heteroatoms. The maximum atomic E-state index is 12.5. The lowest BCUT2D eigenvalue weighted by Crippen LogP contribution is -2.39. The van der Waals surface area contributed by atoms with Gasteiger partial charge in [-0.15, -0.1) is 0 Å². The Morgan fingerprint density at radius 3 is 2.43 bits per heavy atom. The van der Waals surface area contributed by atoms with E-state index >= 15 is 0 Å². The third kappa shape index (κ3) is 5.41. The first kappa shape index (κ1) is 20.1. The van der Waals surface area contributed by atoms with Crippen molar-refractivity contribution in [3.63, 3.8) is 0 Å². The summed E-state index contributed by atoms with van der Waals surface area (Å²) in [5.41, 5.74) is 2.45. The number of likely N-dealkylation sites (tertiary alicyclic amines) is 1. The first-order valence-corrected chi connectivity index (χ1v) is 9.97. The van der Waals surface area contributed by atoms with E-state index in [2.05, 4.69) is 29.6 Å². The number of nitrogens with zero attached hydrogens (tertiary/aromatic N) is 1. The third-order valence-electron chi connectivity index (χ3n) is 5.05. The van der Waals surface area contributed by atoms with Crippen LogP contribution >= 0.6 is 0 Å². The van der Waals surface area contributed by atoms with E-state index < -0.39 is 0 Å². The molecule has 1 aliphatic rings. The summed E-state index contributed by atoms with van der Waals surface area (Å²) in [5, 5.41) is 3.05. The second-order valence-corrected chi connectivity index (χ2v) is 7.50. The number of carbonyl (C=O) groups is 1. The van der Waals surface area contributed by atoms with Gasteiger partial charge >= 0.3 is 6.03 Å². The van der Waals surface area contributed by atoms with Crippen molar-refractivity contribution in [1.82, 2.24) is 10.2 Å². The van der Waals surface area contributed by atoms with Crippen molar-refractivity contribution in [1.29, 1.82) is 0 Å². The Kier molecular flexibility index (Phi) is 6.80. The van der Waals surface area contributed by atoms with Crippen LogP contribution in [0.2, 0.25) is 0 Å². The molecule has 2 aromatic carbocycles. The fraction of sp³-hybridized carbons (Fsp3) is 0.435. The zero-order valence-corrected chi connectivity index (χ0v) is 17.0. The Hall–Kier alpha value is -2.69. The van der Waals surface area contributed by atoms with Crippen molar-refractivity contribution in [3.05, 3.63) is 59.7 Å². The molecule has 150 valence electrons. The Labute approximate surface area is 167 Å². The fourth-order valence-corrected chi connectivity index (χ4v) is 3.53. The monoisotopic (exact) mass is 382 g/mol. The molecule has 0 spiro atoms. The lowest BCUT2D eigenvalue weighted by Gasteiger charge is -2.18. The molecule has 1 aliphatic heterocycles. The van der Waals surface area contributed by atoms with Crippen molar-refractivity contribution in [3.8, 4) is 11.5 Å². The number of rotatable bonds is 7. The van der Waals surface area contributed by atoms with Crippen LogP contribution in [0.4, 0.5) is 4.79 Å². The van der Waals surface area contributed by atoms with Gasteiger partial charge in [-0.3, -0.25) is 0 Å². The minimum absolute atomic E-state index is 0.0239. The first-order valence-electron chi connectivity index (χ1n) is 9.97. The molecule has 2 amide bonds. The molecule has 0 saturated carbocycles. The van der Waals surface area contributed by atoms with E-state index in [0.29, 0.717) is 12.5 Å². The summed E-state index contributed by atoms with van der Waals surface area (Å²) >= 11 is 0. The van der Waals surface area contributed by atoms with Gasteiger partial charge in [-0.05, 0) is 62.1 Å². The van der Waals surface area contributed by atoms with Crippen LogP contribution < -0.4 is 14.8 Å². The summed E-state index contributed by atoms with van der Waals surface area (Å²) in [7, 11) is 1.67.